The van der Waals surface area contributed by atoms with Gasteiger partial charge in [-0.05, 0) is 60.7 Å². The van der Waals surface area contributed by atoms with Crippen LogP contribution in [0.5, 0.6) is 5.75 Å². The molecule has 0 bridgehead atoms. The second kappa shape index (κ2) is 15.6. The SMILES string of the molecule is CCCNC(=O)C(Cc1ccccc1)N(Cc1cccc(OC)c1)C(=O)CCCN(c1cccc(Cl)c1C)S(C)(=O)=O. The lowest BCUT2D eigenvalue weighted by Gasteiger charge is -2.32. The van der Waals surface area contributed by atoms with Gasteiger partial charge in [-0.2, -0.15) is 0 Å². The summed E-state index contributed by atoms with van der Waals surface area (Å²) in [6.45, 7) is 4.51. The summed E-state index contributed by atoms with van der Waals surface area (Å²) in [7, 11) is -2.06. The molecule has 3 rings (SSSR count). The van der Waals surface area contributed by atoms with Gasteiger partial charge in [0.15, 0.2) is 0 Å². The smallest absolute Gasteiger partial charge is 0.243 e. The number of halogens is 1. The fraction of sp³-hybridized carbons (Fsp3) is 0.375. The van der Waals surface area contributed by atoms with E-state index in [9.17, 15) is 18.0 Å². The largest absolute Gasteiger partial charge is 0.497 e. The molecule has 1 N–H and O–H groups in total. The molecule has 0 fully saturated rings. The highest BCUT2D eigenvalue weighted by molar-refractivity contribution is 7.92. The van der Waals surface area contributed by atoms with Gasteiger partial charge in [-0.3, -0.25) is 13.9 Å². The minimum atomic E-state index is -3.64. The maximum absolute atomic E-state index is 13.9. The van der Waals surface area contributed by atoms with Crippen LogP contribution < -0.4 is 14.4 Å². The van der Waals surface area contributed by atoms with E-state index in [2.05, 4.69) is 5.32 Å². The number of benzene rings is 3. The molecule has 42 heavy (non-hydrogen) atoms. The van der Waals surface area contributed by atoms with Gasteiger partial charge in [0.2, 0.25) is 21.8 Å². The minimum absolute atomic E-state index is 0.0436. The van der Waals surface area contributed by atoms with Crippen LogP contribution in [0.3, 0.4) is 0 Å². The van der Waals surface area contributed by atoms with Crippen LogP contribution in [-0.2, 0) is 32.6 Å². The van der Waals surface area contributed by atoms with E-state index in [-0.39, 0.29) is 37.7 Å². The number of carbonyl (C=O) groups is 2. The molecular formula is C32H40ClN3O5S. The molecular weight excluding hydrogens is 574 g/mol. The van der Waals surface area contributed by atoms with Gasteiger partial charge in [0, 0.05) is 37.5 Å². The van der Waals surface area contributed by atoms with E-state index in [1.54, 1.807) is 37.1 Å². The fourth-order valence-electron chi connectivity index (χ4n) is 4.74. The van der Waals surface area contributed by atoms with Crippen LogP contribution in [-0.4, -0.2) is 57.6 Å². The molecule has 0 aliphatic heterocycles. The Kier molecular flexibility index (Phi) is 12.2. The number of anilines is 1. The van der Waals surface area contributed by atoms with Gasteiger partial charge in [-0.1, -0.05) is 67.1 Å². The highest BCUT2D eigenvalue weighted by Gasteiger charge is 2.30. The van der Waals surface area contributed by atoms with Crippen molar-refractivity contribution in [3.8, 4) is 5.75 Å². The number of nitrogens with zero attached hydrogens (tertiary/aromatic N) is 2. The van der Waals surface area contributed by atoms with Crippen molar-refractivity contribution in [3.05, 3.63) is 94.5 Å². The molecule has 3 aromatic carbocycles. The molecule has 0 aliphatic rings. The molecule has 0 aromatic heterocycles. The summed E-state index contributed by atoms with van der Waals surface area (Å²) in [4.78, 5) is 29.0. The highest BCUT2D eigenvalue weighted by atomic mass is 35.5. The van der Waals surface area contributed by atoms with Crippen LogP contribution in [0.1, 0.15) is 42.9 Å². The molecule has 2 amide bonds. The zero-order chi connectivity index (χ0) is 30.7. The van der Waals surface area contributed by atoms with Gasteiger partial charge in [0.05, 0.1) is 19.1 Å². The Bertz CT molecular complexity index is 1450. The third-order valence-electron chi connectivity index (χ3n) is 6.97. The third-order valence-corrected chi connectivity index (χ3v) is 8.56. The van der Waals surface area contributed by atoms with Crippen molar-refractivity contribution in [2.75, 3.05) is 30.8 Å². The topological polar surface area (TPSA) is 96.0 Å². The molecule has 1 unspecified atom stereocenters. The minimum Gasteiger partial charge on any atom is -0.497 e. The molecule has 0 saturated carbocycles. The summed E-state index contributed by atoms with van der Waals surface area (Å²) in [5.74, 6) is 0.168. The first-order valence-corrected chi connectivity index (χ1v) is 16.2. The first-order valence-electron chi connectivity index (χ1n) is 14.0. The van der Waals surface area contributed by atoms with Gasteiger partial charge in [-0.15, -0.1) is 0 Å². The molecule has 0 heterocycles. The summed E-state index contributed by atoms with van der Waals surface area (Å²) in [5, 5.41) is 3.43. The molecule has 0 saturated heterocycles. The molecule has 3 aromatic rings. The predicted molar refractivity (Wildman–Crippen MR) is 168 cm³/mol. The highest BCUT2D eigenvalue weighted by Crippen LogP contribution is 2.28. The molecule has 10 heteroatoms. The number of ether oxygens (including phenoxy) is 1. The standard InChI is InChI=1S/C32H40ClN3O5S/c1-5-19-34-32(38)30(22-25-12-7-6-8-13-25)35(23-26-14-9-15-27(21-26)41-3)31(37)18-11-20-36(42(4,39)40)29-17-10-16-28(33)24(29)2/h6-10,12-17,21,30H,5,11,18-20,22-23H2,1-4H3,(H,34,38). The van der Waals surface area contributed by atoms with Crippen LogP contribution >= 0.6 is 11.6 Å². The molecule has 226 valence electrons. The summed E-state index contributed by atoms with van der Waals surface area (Å²) in [5.41, 5.74) is 2.87. The number of nitrogens with one attached hydrogen (secondary N) is 1. The Hall–Kier alpha value is -3.56. The second-order valence-corrected chi connectivity index (χ2v) is 12.5. The van der Waals surface area contributed by atoms with Gasteiger partial charge in [0.1, 0.15) is 11.8 Å². The molecule has 8 nitrogen and oxygen atoms in total. The fourth-order valence-corrected chi connectivity index (χ4v) is 5.92. The normalized spacial score (nSPS) is 11.9. The van der Waals surface area contributed by atoms with Crippen LogP contribution in [0.2, 0.25) is 5.02 Å². The van der Waals surface area contributed by atoms with Crippen molar-refractivity contribution in [3.63, 3.8) is 0 Å². The van der Waals surface area contributed by atoms with E-state index in [1.165, 1.54) is 4.31 Å². The van der Waals surface area contributed by atoms with E-state index < -0.39 is 16.1 Å². The quantitative estimate of drug-likeness (QED) is 0.249. The van der Waals surface area contributed by atoms with Crippen molar-refractivity contribution in [2.45, 2.75) is 52.1 Å². The maximum atomic E-state index is 13.9. The van der Waals surface area contributed by atoms with Crippen LogP contribution in [0.15, 0.2) is 72.8 Å². The zero-order valence-electron chi connectivity index (χ0n) is 24.7. The molecule has 1 atom stereocenters. The van der Waals surface area contributed by atoms with Gasteiger partial charge >= 0.3 is 0 Å². The number of carbonyl (C=O) groups excluding carboxylic acids is 2. The van der Waals surface area contributed by atoms with Crippen LogP contribution in [0.4, 0.5) is 5.69 Å². The number of amides is 2. The van der Waals surface area contributed by atoms with Gasteiger partial charge in [0.25, 0.3) is 0 Å². The average molecular weight is 614 g/mol. The Morgan fingerprint density at radius 1 is 1.00 bits per heavy atom. The Morgan fingerprint density at radius 2 is 1.69 bits per heavy atom. The van der Waals surface area contributed by atoms with E-state index in [0.717, 1.165) is 23.8 Å². The third kappa shape index (κ3) is 9.22. The molecule has 0 spiro atoms. The van der Waals surface area contributed by atoms with Crippen molar-refractivity contribution in [1.29, 1.82) is 0 Å². The Balaban J connectivity index is 1.91. The second-order valence-electron chi connectivity index (χ2n) is 10.2. The summed E-state index contributed by atoms with van der Waals surface area (Å²) >= 11 is 6.27. The average Bonchev–Trinajstić information content (AvgIpc) is 2.97. The lowest BCUT2D eigenvalue weighted by Crippen LogP contribution is -2.50. The molecule has 0 aliphatic carbocycles. The lowest BCUT2D eigenvalue weighted by atomic mass is 10.0. The van der Waals surface area contributed by atoms with E-state index in [0.29, 0.717) is 35.0 Å². The van der Waals surface area contributed by atoms with Crippen molar-refractivity contribution >= 4 is 39.1 Å². The molecule has 0 radical (unpaired) electrons. The van der Waals surface area contributed by atoms with Gasteiger partial charge in [-0.25, -0.2) is 8.42 Å². The Morgan fingerprint density at radius 3 is 2.36 bits per heavy atom. The Labute approximate surface area is 254 Å². The van der Waals surface area contributed by atoms with Gasteiger partial charge < -0.3 is 15.0 Å². The predicted octanol–water partition coefficient (Wildman–Crippen LogP) is 5.37. The maximum Gasteiger partial charge on any atom is 0.243 e. The number of hydrogen-bond donors (Lipinski definition) is 1. The first-order chi connectivity index (χ1) is 20.0. The van der Waals surface area contributed by atoms with E-state index >= 15 is 0 Å². The van der Waals surface area contributed by atoms with Crippen LogP contribution in [0, 0.1) is 6.92 Å². The van der Waals surface area contributed by atoms with Crippen molar-refractivity contribution in [2.24, 2.45) is 0 Å². The first kappa shape index (κ1) is 32.9. The monoisotopic (exact) mass is 613 g/mol. The van der Waals surface area contributed by atoms with E-state index in [4.69, 9.17) is 16.3 Å². The lowest BCUT2D eigenvalue weighted by molar-refractivity contribution is -0.141. The van der Waals surface area contributed by atoms with Crippen LogP contribution in [0.25, 0.3) is 0 Å². The number of rotatable bonds is 15. The number of sulfonamides is 1. The number of methoxy groups -OCH3 is 1. The summed E-state index contributed by atoms with van der Waals surface area (Å²) in [6.07, 6.45) is 2.53. The van der Waals surface area contributed by atoms with Crippen molar-refractivity contribution in [1.82, 2.24) is 10.2 Å². The van der Waals surface area contributed by atoms with Crippen molar-refractivity contribution < 1.29 is 22.7 Å². The number of hydrogen-bond acceptors (Lipinski definition) is 5. The zero-order valence-corrected chi connectivity index (χ0v) is 26.2. The summed E-state index contributed by atoms with van der Waals surface area (Å²) < 4.78 is 32.1. The summed E-state index contributed by atoms with van der Waals surface area (Å²) in [6, 6.07) is 21.3. The van der Waals surface area contributed by atoms with E-state index in [1.807, 2.05) is 61.5 Å².